The fourth-order valence-electron chi connectivity index (χ4n) is 2.62. The maximum atomic E-state index is 8.75. The molecule has 0 aromatic heterocycles. The molecule has 0 amide bonds. The van der Waals surface area contributed by atoms with Gasteiger partial charge in [0.25, 0.3) is 0 Å². The molecule has 1 saturated heterocycles. The van der Waals surface area contributed by atoms with E-state index in [9.17, 15) is 0 Å². The maximum Gasteiger partial charge on any atom is 0.137 e. The molecule has 1 aliphatic heterocycles. The number of halogens is 1. The van der Waals surface area contributed by atoms with Crippen molar-refractivity contribution in [3.8, 4) is 5.75 Å². The van der Waals surface area contributed by atoms with Gasteiger partial charge in [-0.2, -0.15) is 0 Å². The molecular formula is C16H24ClNO3. The third-order valence-electron chi connectivity index (χ3n) is 3.81. The number of nitrogens with zero attached hydrogens (tertiary/aromatic N) is 1. The fraction of sp³-hybridized carbons (Fsp3) is 0.625. The van der Waals surface area contributed by atoms with Crippen LogP contribution in [0.4, 0.5) is 0 Å². The van der Waals surface area contributed by atoms with Crippen molar-refractivity contribution in [3.05, 3.63) is 28.8 Å². The highest BCUT2D eigenvalue weighted by molar-refractivity contribution is 6.32. The summed E-state index contributed by atoms with van der Waals surface area (Å²) in [5.74, 6) is 0.719. The van der Waals surface area contributed by atoms with Crippen molar-refractivity contribution in [1.29, 1.82) is 0 Å². The van der Waals surface area contributed by atoms with Gasteiger partial charge in [-0.3, -0.25) is 4.90 Å². The summed E-state index contributed by atoms with van der Waals surface area (Å²) in [5.41, 5.74) is 1.21. The molecule has 0 spiro atoms. The van der Waals surface area contributed by atoms with Crippen LogP contribution in [0.1, 0.15) is 24.8 Å². The Morgan fingerprint density at radius 1 is 1.33 bits per heavy atom. The van der Waals surface area contributed by atoms with E-state index < -0.39 is 0 Å². The van der Waals surface area contributed by atoms with Gasteiger partial charge < -0.3 is 14.6 Å². The van der Waals surface area contributed by atoms with Crippen molar-refractivity contribution in [2.75, 3.05) is 33.4 Å². The van der Waals surface area contributed by atoms with Gasteiger partial charge in [0.15, 0.2) is 0 Å². The molecule has 0 aliphatic carbocycles. The summed E-state index contributed by atoms with van der Waals surface area (Å²) in [7, 11) is 1.63. The Hall–Kier alpha value is -0.810. The van der Waals surface area contributed by atoms with E-state index in [2.05, 4.69) is 11.0 Å². The minimum absolute atomic E-state index is 0.205. The van der Waals surface area contributed by atoms with Gasteiger partial charge in [-0.25, -0.2) is 0 Å². The standard InChI is InChI=1S/C16H24ClNO3/c1-20-16-4-3-13(11-15(16)17)12-18-7-5-14(6-8-18)21-10-2-9-19/h3-4,11,14,19H,2,5-10,12H2,1H3. The van der Waals surface area contributed by atoms with Gasteiger partial charge in [0.1, 0.15) is 5.75 Å². The smallest absolute Gasteiger partial charge is 0.137 e. The lowest BCUT2D eigenvalue weighted by atomic mass is 10.1. The maximum absolute atomic E-state index is 8.75. The van der Waals surface area contributed by atoms with Crippen LogP contribution in [0.3, 0.4) is 0 Å². The Morgan fingerprint density at radius 3 is 2.71 bits per heavy atom. The fourth-order valence-corrected chi connectivity index (χ4v) is 2.90. The Bertz CT molecular complexity index is 434. The molecule has 1 aromatic rings. The average molecular weight is 314 g/mol. The van der Waals surface area contributed by atoms with Gasteiger partial charge in [0.05, 0.1) is 18.2 Å². The summed E-state index contributed by atoms with van der Waals surface area (Å²) in [6.45, 7) is 3.85. The second-order valence-electron chi connectivity index (χ2n) is 5.39. The minimum atomic E-state index is 0.205. The number of aliphatic hydroxyl groups excluding tert-OH is 1. The van der Waals surface area contributed by atoms with E-state index in [1.165, 1.54) is 5.56 Å². The summed E-state index contributed by atoms with van der Waals surface area (Å²) < 4.78 is 10.9. The molecule has 1 aliphatic rings. The molecule has 0 radical (unpaired) electrons. The summed E-state index contributed by atoms with van der Waals surface area (Å²) in [6, 6.07) is 5.96. The molecule has 1 aromatic carbocycles. The molecular weight excluding hydrogens is 290 g/mol. The lowest BCUT2D eigenvalue weighted by Gasteiger charge is -2.32. The van der Waals surface area contributed by atoms with Crippen molar-refractivity contribution in [1.82, 2.24) is 4.90 Å². The molecule has 0 bridgehead atoms. The first-order valence-corrected chi connectivity index (χ1v) is 7.88. The monoisotopic (exact) mass is 313 g/mol. The number of methoxy groups -OCH3 is 1. The normalized spacial score (nSPS) is 17.1. The molecule has 1 fully saturated rings. The van der Waals surface area contributed by atoms with Gasteiger partial charge in [-0.15, -0.1) is 0 Å². The zero-order chi connectivity index (χ0) is 15.1. The number of benzene rings is 1. The van der Waals surface area contributed by atoms with Crippen LogP contribution < -0.4 is 4.74 Å². The van der Waals surface area contributed by atoms with Gasteiger partial charge in [0.2, 0.25) is 0 Å². The lowest BCUT2D eigenvalue weighted by molar-refractivity contribution is 0.000785. The summed E-state index contributed by atoms with van der Waals surface area (Å²) in [5, 5.41) is 9.42. The topological polar surface area (TPSA) is 41.9 Å². The van der Waals surface area contributed by atoms with Crippen LogP contribution in [0.2, 0.25) is 5.02 Å². The zero-order valence-corrected chi connectivity index (χ0v) is 13.3. The predicted octanol–water partition coefficient (Wildman–Crippen LogP) is 2.71. The highest BCUT2D eigenvalue weighted by Gasteiger charge is 2.19. The molecule has 0 unspecified atom stereocenters. The Kier molecular flexibility index (Phi) is 6.77. The van der Waals surface area contributed by atoms with E-state index in [1.54, 1.807) is 7.11 Å². The van der Waals surface area contributed by atoms with Gasteiger partial charge in [-0.1, -0.05) is 17.7 Å². The van der Waals surface area contributed by atoms with Crippen LogP contribution in [0.25, 0.3) is 0 Å². The second-order valence-corrected chi connectivity index (χ2v) is 5.80. The molecule has 0 saturated carbocycles. The molecule has 21 heavy (non-hydrogen) atoms. The number of aliphatic hydroxyl groups is 1. The molecule has 118 valence electrons. The van der Waals surface area contributed by atoms with Crippen LogP contribution in [-0.4, -0.2) is 49.5 Å². The van der Waals surface area contributed by atoms with Crippen LogP contribution >= 0.6 is 11.6 Å². The molecule has 2 rings (SSSR count). The van der Waals surface area contributed by atoms with E-state index in [0.717, 1.165) is 44.6 Å². The van der Waals surface area contributed by atoms with E-state index in [0.29, 0.717) is 17.7 Å². The third kappa shape index (κ3) is 5.15. The largest absolute Gasteiger partial charge is 0.495 e. The van der Waals surface area contributed by atoms with Crippen molar-refractivity contribution in [2.24, 2.45) is 0 Å². The van der Waals surface area contributed by atoms with E-state index in [1.807, 2.05) is 12.1 Å². The first kappa shape index (κ1) is 16.6. The number of ether oxygens (including phenoxy) is 2. The molecule has 0 atom stereocenters. The van der Waals surface area contributed by atoms with Crippen molar-refractivity contribution in [2.45, 2.75) is 31.9 Å². The molecule has 1 heterocycles. The Morgan fingerprint density at radius 2 is 2.10 bits per heavy atom. The van der Waals surface area contributed by atoms with Crippen LogP contribution in [-0.2, 0) is 11.3 Å². The number of likely N-dealkylation sites (tertiary alicyclic amines) is 1. The first-order chi connectivity index (χ1) is 10.2. The van der Waals surface area contributed by atoms with E-state index in [4.69, 9.17) is 26.2 Å². The molecule has 1 N–H and O–H groups in total. The average Bonchev–Trinajstić information content (AvgIpc) is 2.49. The highest BCUT2D eigenvalue weighted by atomic mass is 35.5. The number of piperidine rings is 1. The van der Waals surface area contributed by atoms with Crippen molar-refractivity contribution < 1.29 is 14.6 Å². The van der Waals surface area contributed by atoms with Crippen LogP contribution in [0.5, 0.6) is 5.75 Å². The SMILES string of the molecule is COc1ccc(CN2CCC(OCCCO)CC2)cc1Cl. The van der Waals surface area contributed by atoms with Crippen LogP contribution in [0, 0.1) is 0 Å². The van der Waals surface area contributed by atoms with Gasteiger partial charge in [0, 0.05) is 32.8 Å². The summed E-state index contributed by atoms with van der Waals surface area (Å²) in [4.78, 5) is 2.42. The third-order valence-corrected chi connectivity index (χ3v) is 4.11. The highest BCUT2D eigenvalue weighted by Crippen LogP contribution is 2.26. The quantitative estimate of drug-likeness (QED) is 0.786. The van der Waals surface area contributed by atoms with E-state index >= 15 is 0 Å². The lowest BCUT2D eigenvalue weighted by Crippen LogP contribution is -2.36. The molecule has 5 heteroatoms. The first-order valence-electron chi connectivity index (χ1n) is 7.50. The minimum Gasteiger partial charge on any atom is -0.495 e. The van der Waals surface area contributed by atoms with Gasteiger partial charge >= 0.3 is 0 Å². The van der Waals surface area contributed by atoms with Gasteiger partial charge in [-0.05, 0) is 37.0 Å². The molecule has 4 nitrogen and oxygen atoms in total. The summed E-state index contributed by atoms with van der Waals surface area (Å²) >= 11 is 6.16. The second kappa shape index (κ2) is 8.59. The number of rotatable bonds is 7. The van der Waals surface area contributed by atoms with Crippen molar-refractivity contribution in [3.63, 3.8) is 0 Å². The number of hydrogen-bond donors (Lipinski definition) is 1. The van der Waals surface area contributed by atoms with Crippen molar-refractivity contribution >= 4 is 11.6 Å². The summed E-state index contributed by atoms with van der Waals surface area (Å²) in [6.07, 6.45) is 3.17. The Balaban J connectivity index is 1.77. The predicted molar refractivity (Wildman–Crippen MR) is 84.0 cm³/mol. The zero-order valence-electron chi connectivity index (χ0n) is 12.6. The van der Waals surface area contributed by atoms with E-state index in [-0.39, 0.29) is 6.61 Å². The van der Waals surface area contributed by atoms with Crippen LogP contribution in [0.15, 0.2) is 18.2 Å². The number of hydrogen-bond acceptors (Lipinski definition) is 4. The Labute approximate surface area is 131 Å².